The minimum Gasteiger partial charge on any atom is -0.365 e. The van der Waals surface area contributed by atoms with E-state index in [-0.39, 0.29) is 6.04 Å². The molecule has 0 aromatic carbocycles. The number of alkyl halides is 1. The van der Waals surface area contributed by atoms with E-state index >= 15 is 0 Å². The van der Waals surface area contributed by atoms with Gasteiger partial charge in [0.1, 0.15) is 12.5 Å². The van der Waals surface area contributed by atoms with Crippen molar-refractivity contribution >= 4 is 32.9 Å². The third-order valence-electron chi connectivity index (χ3n) is 3.45. The first-order chi connectivity index (χ1) is 13.7. The van der Waals surface area contributed by atoms with Crippen LogP contribution in [0, 0.1) is 0 Å². The number of nitrogens with one attached hydrogen (secondary N) is 2. The molecule has 0 bridgehead atoms. The highest BCUT2D eigenvalue weighted by molar-refractivity contribution is 7.85. The summed E-state index contributed by atoms with van der Waals surface area (Å²) in [5.74, 6) is 1.17. The second-order valence-electron chi connectivity index (χ2n) is 6.40. The van der Waals surface area contributed by atoms with Crippen LogP contribution in [0.3, 0.4) is 0 Å². The SMILES string of the molecule is CC(C)Nc1nc(NCc2cccnc2CF)c2cccnc2n1.CS(=O)(=O)O. The van der Waals surface area contributed by atoms with Gasteiger partial charge in [-0.2, -0.15) is 18.4 Å². The van der Waals surface area contributed by atoms with Crippen LogP contribution < -0.4 is 10.6 Å². The summed E-state index contributed by atoms with van der Waals surface area (Å²) in [6, 6.07) is 7.59. The molecule has 156 valence electrons. The van der Waals surface area contributed by atoms with Crippen LogP contribution in [0.4, 0.5) is 16.2 Å². The molecule has 3 aromatic heterocycles. The molecule has 0 fully saturated rings. The maximum absolute atomic E-state index is 13.0. The molecule has 0 unspecified atom stereocenters. The molecule has 0 aliphatic heterocycles. The Balaban J connectivity index is 0.000000537. The van der Waals surface area contributed by atoms with Gasteiger partial charge in [0, 0.05) is 25.0 Å². The lowest BCUT2D eigenvalue weighted by Gasteiger charge is -2.13. The minimum absolute atomic E-state index is 0.204. The lowest BCUT2D eigenvalue weighted by Crippen LogP contribution is -2.14. The quantitative estimate of drug-likeness (QED) is 0.513. The molecular weight excluding hydrogens is 399 g/mol. The van der Waals surface area contributed by atoms with Gasteiger partial charge in [-0.05, 0) is 37.6 Å². The first kappa shape index (κ1) is 22.4. The molecule has 0 spiro atoms. The average Bonchev–Trinajstić information content (AvgIpc) is 2.64. The molecule has 9 nitrogen and oxygen atoms in total. The Morgan fingerprint density at radius 1 is 1.14 bits per heavy atom. The van der Waals surface area contributed by atoms with Crippen LogP contribution in [-0.2, 0) is 23.3 Å². The predicted molar refractivity (Wildman–Crippen MR) is 110 cm³/mol. The number of fused-ring (bicyclic) bond motifs is 1. The predicted octanol–water partition coefficient (Wildman–Crippen LogP) is 2.83. The molecule has 3 aromatic rings. The Hall–Kier alpha value is -2.92. The Morgan fingerprint density at radius 3 is 2.45 bits per heavy atom. The van der Waals surface area contributed by atoms with Crippen LogP contribution in [0.5, 0.6) is 0 Å². The zero-order valence-electron chi connectivity index (χ0n) is 16.3. The van der Waals surface area contributed by atoms with Gasteiger partial charge in [0.15, 0.2) is 5.65 Å². The van der Waals surface area contributed by atoms with Crippen molar-refractivity contribution in [1.29, 1.82) is 0 Å². The maximum atomic E-state index is 13.0. The Labute approximate surface area is 168 Å². The topological polar surface area (TPSA) is 130 Å². The van der Waals surface area contributed by atoms with E-state index < -0.39 is 16.8 Å². The van der Waals surface area contributed by atoms with Gasteiger partial charge < -0.3 is 10.6 Å². The van der Waals surface area contributed by atoms with Gasteiger partial charge in [0.05, 0.1) is 17.3 Å². The van der Waals surface area contributed by atoms with Crippen molar-refractivity contribution in [3.05, 3.63) is 47.9 Å². The highest BCUT2D eigenvalue weighted by atomic mass is 32.2. The smallest absolute Gasteiger partial charge is 0.261 e. The van der Waals surface area contributed by atoms with Crippen molar-refractivity contribution in [2.45, 2.75) is 33.1 Å². The van der Waals surface area contributed by atoms with Crippen LogP contribution in [-0.4, -0.2) is 45.2 Å². The molecule has 3 rings (SSSR count). The molecule has 0 saturated heterocycles. The van der Waals surface area contributed by atoms with Crippen molar-refractivity contribution in [1.82, 2.24) is 19.9 Å². The number of halogens is 1. The summed E-state index contributed by atoms with van der Waals surface area (Å²) in [4.78, 5) is 17.3. The molecule has 0 aliphatic rings. The number of hydrogen-bond donors (Lipinski definition) is 3. The molecule has 0 saturated carbocycles. The standard InChI is InChI=1S/C17H19FN6.CH4O3S/c1-11(2)22-17-23-15-13(6-4-8-20-15)16(24-17)21-10-12-5-3-7-19-14(12)9-18;1-5(2,3)4/h3-8,11H,9-10H2,1-2H3,(H2,20,21,22,23,24);1H3,(H,2,3,4). The van der Waals surface area contributed by atoms with Crippen LogP contribution in [0.1, 0.15) is 25.1 Å². The fraction of sp³-hybridized carbons (Fsp3) is 0.333. The molecule has 0 atom stereocenters. The van der Waals surface area contributed by atoms with E-state index in [1.165, 1.54) is 0 Å². The summed E-state index contributed by atoms with van der Waals surface area (Å²) in [5.41, 5.74) is 1.84. The van der Waals surface area contributed by atoms with Crippen LogP contribution in [0.2, 0.25) is 0 Å². The monoisotopic (exact) mass is 422 g/mol. The van der Waals surface area contributed by atoms with Gasteiger partial charge in [0.25, 0.3) is 10.1 Å². The van der Waals surface area contributed by atoms with Crippen molar-refractivity contribution in [2.75, 3.05) is 16.9 Å². The highest BCUT2D eigenvalue weighted by Crippen LogP contribution is 2.21. The van der Waals surface area contributed by atoms with Gasteiger partial charge >= 0.3 is 0 Å². The molecular formula is C18H23FN6O3S. The molecule has 0 radical (unpaired) electrons. The van der Waals surface area contributed by atoms with E-state index in [4.69, 9.17) is 4.55 Å². The number of nitrogens with zero attached hydrogens (tertiary/aromatic N) is 4. The summed E-state index contributed by atoms with van der Waals surface area (Å²) >= 11 is 0. The fourth-order valence-electron chi connectivity index (χ4n) is 2.35. The summed E-state index contributed by atoms with van der Waals surface area (Å²) < 4.78 is 38.9. The van der Waals surface area contributed by atoms with Crippen molar-refractivity contribution < 1.29 is 17.4 Å². The molecule has 29 heavy (non-hydrogen) atoms. The van der Waals surface area contributed by atoms with Gasteiger partial charge in [-0.3, -0.25) is 9.54 Å². The fourth-order valence-corrected chi connectivity index (χ4v) is 2.35. The Kier molecular flexibility index (Phi) is 7.74. The number of hydrogen-bond acceptors (Lipinski definition) is 8. The molecule has 3 heterocycles. The third kappa shape index (κ3) is 7.54. The van der Waals surface area contributed by atoms with Crippen LogP contribution >= 0.6 is 0 Å². The largest absolute Gasteiger partial charge is 0.365 e. The Bertz CT molecular complexity index is 1050. The van der Waals surface area contributed by atoms with Crippen molar-refractivity contribution in [2.24, 2.45) is 0 Å². The van der Waals surface area contributed by atoms with Crippen LogP contribution in [0.15, 0.2) is 36.7 Å². The van der Waals surface area contributed by atoms with Crippen LogP contribution in [0.25, 0.3) is 11.0 Å². The first-order valence-corrected chi connectivity index (χ1v) is 10.6. The van der Waals surface area contributed by atoms with E-state index in [1.807, 2.05) is 32.0 Å². The van der Waals surface area contributed by atoms with E-state index in [1.54, 1.807) is 18.5 Å². The number of aromatic nitrogens is 4. The van der Waals surface area contributed by atoms with Crippen molar-refractivity contribution in [3.63, 3.8) is 0 Å². The average molecular weight is 422 g/mol. The molecule has 3 N–H and O–H groups in total. The van der Waals surface area contributed by atoms with Gasteiger partial charge in [-0.15, -0.1) is 0 Å². The molecule has 0 amide bonds. The summed E-state index contributed by atoms with van der Waals surface area (Å²) in [6.07, 6.45) is 4.00. The van der Waals surface area contributed by atoms with E-state index in [0.29, 0.717) is 35.9 Å². The normalized spacial score (nSPS) is 11.1. The minimum atomic E-state index is -3.67. The summed E-state index contributed by atoms with van der Waals surface area (Å²) in [7, 11) is -3.67. The first-order valence-electron chi connectivity index (χ1n) is 8.71. The number of rotatable bonds is 6. The lowest BCUT2D eigenvalue weighted by molar-refractivity contribution is 0.473. The van der Waals surface area contributed by atoms with Gasteiger partial charge in [-0.1, -0.05) is 6.07 Å². The lowest BCUT2D eigenvalue weighted by atomic mass is 10.2. The molecule has 0 aliphatic carbocycles. The second-order valence-corrected chi connectivity index (χ2v) is 7.86. The zero-order valence-corrected chi connectivity index (χ0v) is 17.1. The summed E-state index contributed by atoms with van der Waals surface area (Å²) in [6.45, 7) is 3.86. The van der Waals surface area contributed by atoms with Crippen molar-refractivity contribution in [3.8, 4) is 0 Å². The number of anilines is 2. The Morgan fingerprint density at radius 2 is 1.79 bits per heavy atom. The van der Waals surface area contributed by atoms with E-state index in [0.717, 1.165) is 10.9 Å². The summed E-state index contributed by atoms with van der Waals surface area (Å²) in [5, 5.41) is 7.26. The maximum Gasteiger partial charge on any atom is 0.261 e. The second kappa shape index (κ2) is 10.0. The highest BCUT2D eigenvalue weighted by Gasteiger charge is 2.10. The number of pyridine rings is 2. The van der Waals surface area contributed by atoms with Gasteiger partial charge in [-0.25, -0.2) is 9.37 Å². The zero-order chi connectivity index (χ0) is 21.4. The van der Waals surface area contributed by atoms with Gasteiger partial charge in [0.2, 0.25) is 5.95 Å². The molecule has 11 heteroatoms. The van der Waals surface area contributed by atoms with E-state index in [2.05, 4.69) is 30.6 Å². The third-order valence-corrected chi connectivity index (χ3v) is 3.45. The van der Waals surface area contributed by atoms with E-state index in [9.17, 15) is 12.8 Å².